The van der Waals surface area contributed by atoms with Crippen LogP contribution < -0.4 is 5.32 Å². The van der Waals surface area contributed by atoms with E-state index in [1.165, 1.54) is 0 Å². The van der Waals surface area contributed by atoms with E-state index in [0.29, 0.717) is 0 Å². The molecule has 0 aliphatic rings. The first kappa shape index (κ1) is 14.6. The zero-order valence-electron chi connectivity index (χ0n) is 8.76. The van der Waals surface area contributed by atoms with Crippen molar-refractivity contribution in [3.63, 3.8) is 0 Å². The number of aromatic hydroxyl groups is 1. The van der Waals surface area contributed by atoms with Gasteiger partial charge in [-0.25, -0.2) is 8.78 Å². The second kappa shape index (κ2) is 5.43. The number of halogens is 5. The molecule has 0 unspecified atom stereocenters. The van der Waals surface area contributed by atoms with Crippen LogP contribution in [0.1, 0.15) is 10.4 Å². The monoisotopic (exact) mass is 285 g/mol. The zero-order chi connectivity index (χ0) is 13.9. The molecule has 0 aliphatic carbocycles. The number of phenolic OH excluding ortho intramolecular Hbond substituents is 1. The summed E-state index contributed by atoms with van der Waals surface area (Å²) < 4.78 is 48.7. The van der Waals surface area contributed by atoms with Gasteiger partial charge in [0.15, 0.2) is 0 Å². The molecule has 100 valence electrons. The molecule has 3 nitrogen and oxygen atoms in total. The Morgan fingerprint density at radius 3 is 2.56 bits per heavy atom. The van der Waals surface area contributed by atoms with Crippen molar-refractivity contribution in [3.8, 4) is 5.75 Å². The van der Waals surface area contributed by atoms with Crippen LogP contribution in [-0.2, 0) is 0 Å². The summed E-state index contributed by atoms with van der Waals surface area (Å²) >= 11 is 5.50. The maximum absolute atomic E-state index is 12.5. The van der Waals surface area contributed by atoms with Gasteiger partial charge in [-0.2, -0.15) is 8.78 Å². The lowest BCUT2D eigenvalue weighted by Crippen LogP contribution is -2.41. The van der Waals surface area contributed by atoms with E-state index in [1.807, 2.05) is 0 Å². The minimum Gasteiger partial charge on any atom is -0.506 e. The van der Waals surface area contributed by atoms with E-state index in [1.54, 1.807) is 5.32 Å². The summed E-state index contributed by atoms with van der Waals surface area (Å²) in [4.78, 5) is 11.3. The van der Waals surface area contributed by atoms with Crippen molar-refractivity contribution >= 4 is 17.5 Å². The molecule has 18 heavy (non-hydrogen) atoms. The lowest BCUT2D eigenvalue weighted by molar-refractivity contribution is -0.123. The Kier molecular flexibility index (Phi) is 4.39. The molecule has 0 atom stereocenters. The summed E-state index contributed by atoms with van der Waals surface area (Å²) in [5, 5.41) is 10.6. The maximum atomic E-state index is 12.5. The van der Waals surface area contributed by atoms with Crippen LogP contribution in [-0.4, -0.2) is 29.9 Å². The second-order valence-electron chi connectivity index (χ2n) is 3.41. The van der Waals surface area contributed by atoms with Crippen LogP contribution in [0.4, 0.5) is 17.6 Å². The van der Waals surface area contributed by atoms with E-state index in [4.69, 9.17) is 16.7 Å². The van der Waals surface area contributed by atoms with Crippen molar-refractivity contribution in [3.05, 3.63) is 28.8 Å². The van der Waals surface area contributed by atoms with Crippen LogP contribution >= 0.6 is 11.6 Å². The molecule has 0 fully saturated rings. The molecule has 0 heterocycles. The van der Waals surface area contributed by atoms with Gasteiger partial charge >= 0.3 is 12.3 Å². The number of phenols is 1. The largest absolute Gasteiger partial charge is 0.506 e. The van der Waals surface area contributed by atoms with Crippen LogP contribution in [0, 0.1) is 0 Å². The number of hydrogen-bond acceptors (Lipinski definition) is 2. The summed E-state index contributed by atoms with van der Waals surface area (Å²) in [5.74, 6) is -5.57. The van der Waals surface area contributed by atoms with Gasteiger partial charge in [-0.3, -0.25) is 4.79 Å². The number of rotatable bonds is 4. The third-order valence-electron chi connectivity index (χ3n) is 2.01. The topological polar surface area (TPSA) is 49.3 Å². The van der Waals surface area contributed by atoms with Gasteiger partial charge in [0.25, 0.3) is 5.91 Å². The van der Waals surface area contributed by atoms with Gasteiger partial charge in [-0.15, -0.1) is 0 Å². The Labute approximate surface area is 104 Å². The fourth-order valence-electron chi connectivity index (χ4n) is 1.03. The van der Waals surface area contributed by atoms with Gasteiger partial charge in [0.2, 0.25) is 0 Å². The lowest BCUT2D eigenvalue weighted by Gasteiger charge is -2.15. The lowest BCUT2D eigenvalue weighted by atomic mass is 10.2. The van der Waals surface area contributed by atoms with Crippen molar-refractivity contribution in [2.24, 2.45) is 0 Å². The third kappa shape index (κ3) is 3.49. The zero-order valence-corrected chi connectivity index (χ0v) is 9.52. The Bertz CT molecular complexity index is 454. The molecule has 1 aromatic rings. The molecule has 0 bridgehead atoms. The predicted octanol–water partition coefficient (Wildman–Crippen LogP) is 2.68. The van der Waals surface area contributed by atoms with Crippen LogP contribution in [0.5, 0.6) is 5.75 Å². The normalized spacial score (nSPS) is 11.7. The van der Waals surface area contributed by atoms with E-state index in [-0.39, 0.29) is 16.3 Å². The van der Waals surface area contributed by atoms with Crippen molar-refractivity contribution in [1.82, 2.24) is 5.32 Å². The molecule has 1 rings (SSSR count). The van der Waals surface area contributed by atoms with Gasteiger partial charge in [0.05, 0.1) is 11.6 Å². The predicted molar refractivity (Wildman–Crippen MR) is 56.4 cm³/mol. The van der Waals surface area contributed by atoms with E-state index in [9.17, 15) is 22.4 Å². The standard InChI is InChI=1S/C10H8ClF4NO2/c11-6-3-5(1-2-7(6)17)8(18)16-4-10(14,15)9(12)13/h1-3,9,17H,4H2,(H,16,18). The number of nitrogens with one attached hydrogen (secondary N) is 1. The molecule has 0 aliphatic heterocycles. The van der Waals surface area contributed by atoms with Gasteiger partial charge in [0, 0.05) is 5.56 Å². The molecule has 2 N–H and O–H groups in total. The van der Waals surface area contributed by atoms with Crippen molar-refractivity contribution in [2.45, 2.75) is 12.3 Å². The van der Waals surface area contributed by atoms with E-state index in [0.717, 1.165) is 18.2 Å². The average molecular weight is 286 g/mol. The first-order chi connectivity index (χ1) is 8.24. The van der Waals surface area contributed by atoms with Gasteiger partial charge in [0.1, 0.15) is 5.75 Å². The van der Waals surface area contributed by atoms with E-state index in [2.05, 4.69) is 0 Å². The Morgan fingerprint density at radius 2 is 2.06 bits per heavy atom. The number of amides is 1. The highest BCUT2D eigenvalue weighted by atomic mass is 35.5. The SMILES string of the molecule is O=C(NCC(F)(F)C(F)F)c1ccc(O)c(Cl)c1. The fourth-order valence-corrected chi connectivity index (χ4v) is 1.21. The summed E-state index contributed by atoms with van der Waals surface area (Å²) in [5.41, 5.74) is -0.122. The summed E-state index contributed by atoms with van der Waals surface area (Å²) in [6, 6.07) is 3.24. The maximum Gasteiger partial charge on any atom is 0.324 e. The van der Waals surface area contributed by atoms with Crippen LogP contribution in [0.3, 0.4) is 0 Å². The van der Waals surface area contributed by atoms with Crippen molar-refractivity contribution < 1.29 is 27.5 Å². The van der Waals surface area contributed by atoms with Crippen LogP contribution in [0.2, 0.25) is 5.02 Å². The minimum atomic E-state index is -4.30. The molecule has 0 saturated heterocycles. The molecule has 0 radical (unpaired) electrons. The number of carbonyl (C=O) groups excluding carboxylic acids is 1. The number of carbonyl (C=O) groups is 1. The molecule has 0 aromatic heterocycles. The van der Waals surface area contributed by atoms with E-state index >= 15 is 0 Å². The molecule has 1 amide bonds. The Morgan fingerprint density at radius 1 is 1.44 bits per heavy atom. The summed E-state index contributed by atoms with van der Waals surface area (Å²) in [7, 11) is 0. The fraction of sp³-hybridized carbons (Fsp3) is 0.300. The molecule has 0 saturated carbocycles. The second-order valence-corrected chi connectivity index (χ2v) is 3.82. The first-order valence-electron chi connectivity index (χ1n) is 4.66. The molecule has 0 spiro atoms. The minimum absolute atomic E-state index is 0.122. The summed E-state index contributed by atoms with van der Waals surface area (Å²) in [6.45, 7) is -1.48. The van der Waals surface area contributed by atoms with Crippen LogP contribution in [0.25, 0.3) is 0 Å². The van der Waals surface area contributed by atoms with Gasteiger partial charge in [-0.05, 0) is 18.2 Å². The molecular formula is C10H8ClF4NO2. The highest BCUT2D eigenvalue weighted by Crippen LogP contribution is 2.24. The van der Waals surface area contributed by atoms with Crippen molar-refractivity contribution in [1.29, 1.82) is 0 Å². The first-order valence-corrected chi connectivity index (χ1v) is 5.04. The molecule has 8 heteroatoms. The number of alkyl halides is 4. The van der Waals surface area contributed by atoms with Gasteiger partial charge in [-0.1, -0.05) is 11.6 Å². The Balaban J connectivity index is 2.69. The summed E-state index contributed by atoms with van der Waals surface area (Å²) in [6.07, 6.45) is -3.86. The smallest absolute Gasteiger partial charge is 0.324 e. The number of hydrogen-bond donors (Lipinski definition) is 2. The third-order valence-corrected chi connectivity index (χ3v) is 2.32. The van der Waals surface area contributed by atoms with E-state index < -0.39 is 24.8 Å². The highest BCUT2D eigenvalue weighted by Gasteiger charge is 2.40. The van der Waals surface area contributed by atoms with Crippen molar-refractivity contribution in [2.75, 3.05) is 6.54 Å². The highest BCUT2D eigenvalue weighted by molar-refractivity contribution is 6.32. The molecular weight excluding hydrogens is 278 g/mol. The molecule has 1 aromatic carbocycles. The van der Waals surface area contributed by atoms with Crippen LogP contribution in [0.15, 0.2) is 18.2 Å². The average Bonchev–Trinajstić information content (AvgIpc) is 2.29. The quantitative estimate of drug-likeness (QED) is 0.836. The number of benzene rings is 1. The van der Waals surface area contributed by atoms with Gasteiger partial charge < -0.3 is 10.4 Å². The Hall–Kier alpha value is -1.50.